The first-order chi connectivity index (χ1) is 13.9. The van der Waals surface area contributed by atoms with Crippen molar-refractivity contribution in [3.05, 3.63) is 33.1 Å². The van der Waals surface area contributed by atoms with Crippen LogP contribution < -0.4 is 11.2 Å². The van der Waals surface area contributed by atoms with E-state index in [2.05, 4.69) is 29.3 Å². The fourth-order valence-corrected chi connectivity index (χ4v) is 4.80. The third-order valence-electron chi connectivity index (χ3n) is 3.61. The van der Waals surface area contributed by atoms with Gasteiger partial charge < -0.3 is 24.7 Å². The monoisotopic (exact) mass is 538 g/mol. The number of hydrogen-bond acceptors (Lipinski definition) is 11. The SMILES string of the molecule is O=C(CBr)COP(=O)(O)OP(=O)(O)O[C@H]1[C@@H](O)[C@H](n2ccc(=O)[nH]c2=O)O[C@@H]1CO. The van der Waals surface area contributed by atoms with Crippen LogP contribution in [0.1, 0.15) is 6.23 Å². The van der Waals surface area contributed by atoms with E-state index in [4.69, 9.17) is 4.74 Å². The van der Waals surface area contributed by atoms with E-state index in [1.165, 1.54) is 0 Å². The lowest BCUT2D eigenvalue weighted by atomic mass is 10.1. The molecule has 0 saturated carbocycles. The predicted molar refractivity (Wildman–Crippen MR) is 98.7 cm³/mol. The lowest BCUT2D eigenvalue weighted by Crippen LogP contribution is -2.38. The van der Waals surface area contributed by atoms with Gasteiger partial charge in [0.2, 0.25) is 0 Å². The fourth-order valence-electron chi connectivity index (χ4n) is 2.37. The highest BCUT2D eigenvalue weighted by Gasteiger charge is 2.50. The molecule has 0 amide bonds. The number of aliphatic hydroxyl groups excluding tert-OH is 2. The summed E-state index contributed by atoms with van der Waals surface area (Å²) in [6.45, 7) is -1.77. The zero-order valence-electron chi connectivity index (χ0n) is 14.8. The van der Waals surface area contributed by atoms with E-state index < -0.39 is 70.4 Å². The van der Waals surface area contributed by atoms with Gasteiger partial charge in [-0.05, 0) is 0 Å². The van der Waals surface area contributed by atoms with Crippen LogP contribution in [0.4, 0.5) is 0 Å². The summed E-state index contributed by atoms with van der Waals surface area (Å²) >= 11 is 2.78. The highest BCUT2D eigenvalue weighted by molar-refractivity contribution is 9.09. The molecule has 30 heavy (non-hydrogen) atoms. The van der Waals surface area contributed by atoms with Crippen LogP contribution in [-0.2, 0) is 32.0 Å². The van der Waals surface area contributed by atoms with Gasteiger partial charge in [0.15, 0.2) is 12.0 Å². The molecule has 1 aromatic heterocycles. The number of carbonyl (C=O) groups is 1. The molecule has 0 aliphatic carbocycles. The van der Waals surface area contributed by atoms with Crippen LogP contribution in [0.3, 0.4) is 0 Å². The van der Waals surface area contributed by atoms with Crippen LogP contribution in [0.5, 0.6) is 0 Å². The minimum Gasteiger partial charge on any atom is -0.394 e. The minimum atomic E-state index is -5.41. The molecule has 0 aromatic carbocycles. The molecular weight excluding hydrogens is 522 g/mol. The molecule has 18 heteroatoms. The number of phosphoric ester groups is 2. The molecule has 0 spiro atoms. The number of aliphatic hydroxyl groups is 2. The summed E-state index contributed by atoms with van der Waals surface area (Å²) in [5.74, 6) is -0.671. The predicted octanol–water partition coefficient (Wildman–Crippen LogP) is -1.63. The van der Waals surface area contributed by atoms with Crippen LogP contribution in [-0.4, -0.2) is 72.2 Å². The number of carbonyl (C=O) groups excluding carboxylic acids is 1. The summed E-state index contributed by atoms with van der Waals surface area (Å²) in [6, 6.07) is 0.938. The maximum absolute atomic E-state index is 12.1. The summed E-state index contributed by atoms with van der Waals surface area (Å²) < 4.78 is 42.7. The average molecular weight is 539 g/mol. The highest BCUT2D eigenvalue weighted by Crippen LogP contribution is 2.61. The summed E-state index contributed by atoms with van der Waals surface area (Å²) in [5.41, 5.74) is -1.72. The second-order valence-corrected chi connectivity index (χ2v) is 9.35. The first-order valence-electron chi connectivity index (χ1n) is 7.92. The molecule has 6 atom stereocenters. The number of hydrogen-bond donors (Lipinski definition) is 5. The van der Waals surface area contributed by atoms with Gasteiger partial charge in [-0.2, -0.15) is 4.31 Å². The van der Waals surface area contributed by atoms with Gasteiger partial charge in [0.05, 0.1) is 11.9 Å². The van der Waals surface area contributed by atoms with Crippen molar-refractivity contribution in [1.82, 2.24) is 9.55 Å². The normalized spacial score (nSPS) is 28.0. The highest BCUT2D eigenvalue weighted by atomic mass is 79.9. The third-order valence-corrected chi connectivity index (χ3v) is 6.86. The Morgan fingerprint density at radius 3 is 2.53 bits per heavy atom. The van der Waals surface area contributed by atoms with Gasteiger partial charge in [-0.3, -0.25) is 28.2 Å². The number of ketones is 1. The largest absolute Gasteiger partial charge is 0.481 e. The van der Waals surface area contributed by atoms with Crippen LogP contribution in [0.25, 0.3) is 0 Å². The Labute approximate surface area is 175 Å². The Bertz CT molecular complexity index is 979. The number of phosphoric acid groups is 2. The Morgan fingerprint density at radius 2 is 1.97 bits per heavy atom. The van der Waals surface area contributed by atoms with E-state index in [9.17, 15) is 43.5 Å². The Balaban J connectivity index is 2.16. The molecule has 2 unspecified atom stereocenters. The molecule has 0 bridgehead atoms. The van der Waals surface area contributed by atoms with E-state index in [-0.39, 0.29) is 5.33 Å². The molecule has 1 aliphatic heterocycles. The standard InChI is InChI=1S/C12H17BrN2O13P2/c13-3-6(17)5-25-29(21,22)28-30(23,24)27-10-7(4-16)26-11(9(10)19)15-2-1-8(18)14-12(15)20/h1-2,7,9-11,16,19H,3-5H2,(H,21,22)(H,23,24)(H,14,18,20)/t7-,9-,10-,11-/m1/s1. The summed E-state index contributed by atoms with van der Waals surface area (Å²) in [4.78, 5) is 55.2. The molecule has 2 rings (SSSR count). The Kier molecular flexibility index (Phi) is 8.46. The smallest absolute Gasteiger partial charge is 0.394 e. The van der Waals surface area contributed by atoms with Crippen molar-refractivity contribution in [2.75, 3.05) is 18.5 Å². The number of ether oxygens (including phenoxy) is 1. The zero-order chi connectivity index (χ0) is 22.7. The minimum absolute atomic E-state index is 0.213. The fraction of sp³-hybridized carbons (Fsp3) is 0.583. The van der Waals surface area contributed by atoms with Gasteiger partial charge >= 0.3 is 21.3 Å². The number of aromatic amines is 1. The average Bonchev–Trinajstić information content (AvgIpc) is 2.94. The number of halogens is 1. The van der Waals surface area contributed by atoms with Crippen molar-refractivity contribution in [1.29, 1.82) is 0 Å². The molecule has 2 heterocycles. The van der Waals surface area contributed by atoms with Crippen LogP contribution >= 0.6 is 31.6 Å². The summed E-state index contributed by atoms with van der Waals surface area (Å²) in [5, 5.41) is 19.5. The van der Waals surface area contributed by atoms with Crippen molar-refractivity contribution in [2.24, 2.45) is 0 Å². The lowest BCUT2D eigenvalue weighted by molar-refractivity contribution is -0.118. The summed E-state index contributed by atoms with van der Waals surface area (Å²) in [7, 11) is -10.6. The molecular formula is C12H17BrN2O13P2. The van der Waals surface area contributed by atoms with E-state index in [1.54, 1.807) is 0 Å². The maximum Gasteiger partial charge on any atom is 0.481 e. The maximum atomic E-state index is 12.1. The van der Waals surface area contributed by atoms with Gasteiger partial charge in [-0.1, -0.05) is 15.9 Å². The van der Waals surface area contributed by atoms with E-state index in [1.807, 2.05) is 4.98 Å². The van der Waals surface area contributed by atoms with Crippen LogP contribution in [0, 0.1) is 0 Å². The van der Waals surface area contributed by atoms with Crippen LogP contribution in [0.15, 0.2) is 21.9 Å². The zero-order valence-corrected chi connectivity index (χ0v) is 18.1. The number of nitrogens with one attached hydrogen (secondary N) is 1. The number of alkyl halides is 1. The number of Topliss-reactive ketones (excluding diaryl/α,β-unsaturated/α-hetero) is 1. The quantitative estimate of drug-likeness (QED) is 0.167. The van der Waals surface area contributed by atoms with E-state index in [0.717, 1.165) is 16.8 Å². The van der Waals surface area contributed by atoms with Crippen molar-refractivity contribution < 1.29 is 52.0 Å². The molecule has 1 saturated heterocycles. The number of nitrogens with zero attached hydrogens (tertiary/aromatic N) is 1. The lowest BCUT2D eigenvalue weighted by Gasteiger charge is -2.23. The molecule has 15 nitrogen and oxygen atoms in total. The number of aromatic nitrogens is 2. The molecule has 1 aromatic rings. The Hall–Kier alpha value is -1.03. The van der Waals surface area contributed by atoms with Crippen molar-refractivity contribution in [2.45, 2.75) is 24.5 Å². The van der Waals surface area contributed by atoms with Gasteiger partial charge in [0, 0.05) is 12.3 Å². The van der Waals surface area contributed by atoms with Gasteiger partial charge in [-0.25, -0.2) is 13.9 Å². The van der Waals surface area contributed by atoms with E-state index in [0.29, 0.717) is 0 Å². The molecule has 5 N–H and O–H groups in total. The first-order valence-corrected chi connectivity index (χ1v) is 12.0. The van der Waals surface area contributed by atoms with Gasteiger partial charge in [-0.15, -0.1) is 0 Å². The Morgan fingerprint density at radius 1 is 1.30 bits per heavy atom. The van der Waals surface area contributed by atoms with E-state index >= 15 is 0 Å². The topological polar surface area (TPSA) is 224 Å². The summed E-state index contributed by atoms with van der Waals surface area (Å²) in [6.07, 6.45) is -5.72. The second kappa shape index (κ2) is 10.1. The second-order valence-electron chi connectivity index (χ2n) is 5.79. The molecule has 0 radical (unpaired) electrons. The van der Waals surface area contributed by atoms with Crippen molar-refractivity contribution >= 4 is 37.4 Å². The van der Waals surface area contributed by atoms with Crippen LogP contribution in [0.2, 0.25) is 0 Å². The number of rotatable bonds is 10. The third kappa shape index (κ3) is 6.48. The molecule has 170 valence electrons. The molecule has 1 aliphatic rings. The number of H-pyrrole nitrogens is 1. The first kappa shape index (κ1) is 25.2. The van der Waals surface area contributed by atoms with Gasteiger partial charge in [0.25, 0.3) is 5.56 Å². The van der Waals surface area contributed by atoms with Crippen molar-refractivity contribution in [3.63, 3.8) is 0 Å². The molecule has 1 fully saturated rings. The van der Waals surface area contributed by atoms with Crippen molar-refractivity contribution in [3.8, 4) is 0 Å². The van der Waals surface area contributed by atoms with Gasteiger partial charge in [0.1, 0.15) is 24.9 Å².